The zero-order chi connectivity index (χ0) is 12.3. The fourth-order valence-electron chi connectivity index (χ4n) is 1.66. The minimum Gasteiger partial charge on any atom is -0.367 e. The molecule has 2 rings (SSSR count). The Hall–Kier alpha value is -0.870. The lowest BCUT2D eigenvalue weighted by molar-refractivity contribution is 0.627. The van der Waals surface area contributed by atoms with Gasteiger partial charge in [0.1, 0.15) is 5.82 Å². The Morgan fingerprint density at radius 2 is 1.88 bits per heavy atom. The van der Waals surface area contributed by atoms with Crippen LogP contribution in [0.15, 0.2) is 40.2 Å². The van der Waals surface area contributed by atoms with E-state index in [1.165, 1.54) is 17.0 Å². The number of nitrogens with zero attached hydrogens (tertiary/aromatic N) is 1. The van der Waals surface area contributed by atoms with Crippen LogP contribution in [0.25, 0.3) is 0 Å². The van der Waals surface area contributed by atoms with Crippen molar-refractivity contribution >= 4 is 33.0 Å². The van der Waals surface area contributed by atoms with Crippen LogP contribution in [0, 0.1) is 5.82 Å². The Balaban J connectivity index is 2.13. The summed E-state index contributed by atoms with van der Waals surface area (Å²) in [4.78, 5) is 3.51. The van der Waals surface area contributed by atoms with Crippen LogP contribution in [0.1, 0.15) is 11.8 Å². The highest BCUT2D eigenvalue weighted by Crippen LogP contribution is 2.25. The zero-order valence-electron chi connectivity index (χ0n) is 9.49. The summed E-state index contributed by atoms with van der Waals surface area (Å²) in [5.74, 6) is -0.191. The first-order valence-corrected chi connectivity index (χ1v) is 7.04. The van der Waals surface area contributed by atoms with Crippen LogP contribution < -0.4 is 4.90 Å². The van der Waals surface area contributed by atoms with E-state index in [1.807, 2.05) is 12.1 Å². The summed E-state index contributed by atoms with van der Waals surface area (Å²) < 4.78 is 14.0. The first-order chi connectivity index (χ1) is 8.19. The largest absolute Gasteiger partial charge is 0.367 e. The number of hydrogen-bond acceptors (Lipinski definition) is 2. The standard InChI is InChI=1S/C13H13BrFNS/c1-2-16(9-12-7-8-13(14)17-12)11-5-3-10(15)4-6-11/h3-8H,2,9H2,1H3. The van der Waals surface area contributed by atoms with E-state index in [0.29, 0.717) is 0 Å². The normalized spacial score (nSPS) is 10.5. The molecule has 0 bridgehead atoms. The molecule has 0 aliphatic heterocycles. The second-order valence-corrected chi connectivity index (χ2v) is 6.24. The van der Waals surface area contributed by atoms with Gasteiger partial charge in [-0.05, 0) is 59.3 Å². The monoisotopic (exact) mass is 313 g/mol. The van der Waals surface area contributed by atoms with Gasteiger partial charge in [-0.15, -0.1) is 11.3 Å². The third-order valence-electron chi connectivity index (χ3n) is 2.55. The van der Waals surface area contributed by atoms with Crippen molar-refractivity contribution in [1.82, 2.24) is 0 Å². The van der Waals surface area contributed by atoms with Gasteiger partial charge in [0.15, 0.2) is 0 Å². The second-order valence-electron chi connectivity index (χ2n) is 3.70. The predicted molar refractivity (Wildman–Crippen MR) is 75.1 cm³/mol. The topological polar surface area (TPSA) is 3.24 Å². The minimum absolute atomic E-state index is 0.191. The van der Waals surface area contributed by atoms with Crippen molar-refractivity contribution in [2.75, 3.05) is 11.4 Å². The van der Waals surface area contributed by atoms with Crippen LogP contribution in [0.5, 0.6) is 0 Å². The highest BCUT2D eigenvalue weighted by molar-refractivity contribution is 9.11. The molecule has 4 heteroatoms. The molecule has 0 atom stereocenters. The van der Waals surface area contributed by atoms with Gasteiger partial charge < -0.3 is 4.90 Å². The Kier molecular flexibility index (Phi) is 4.18. The number of rotatable bonds is 4. The van der Waals surface area contributed by atoms with Crippen LogP contribution in [0.2, 0.25) is 0 Å². The lowest BCUT2D eigenvalue weighted by Gasteiger charge is -2.22. The maximum atomic E-state index is 12.9. The van der Waals surface area contributed by atoms with Crippen LogP contribution >= 0.6 is 27.3 Å². The Morgan fingerprint density at radius 1 is 1.18 bits per heavy atom. The van der Waals surface area contributed by atoms with Crippen molar-refractivity contribution in [1.29, 1.82) is 0 Å². The third-order valence-corrected chi connectivity index (χ3v) is 4.16. The molecule has 0 saturated carbocycles. The van der Waals surface area contributed by atoms with E-state index in [2.05, 4.69) is 39.9 Å². The van der Waals surface area contributed by atoms with Gasteiger partial charge in [-0.3, -0.25) is 0 Å². The number of anilines is 1. The zero-order valence-corrected chi connectivity index (χ0v) is 11.9. The summed E-state index contributed by atoms with van der Waals surface area (Å²) in [5.41, 5.74) is 1.05. The highest BCUT2D eigenvalue weighted by atomic mass is 79.9. The number of halogens is 2. The number of benzene rings is 1. The molecule has 0 aliphatic carbocycles. The Bertz CT molecular complexity index is 480. The molecule has 0 spiro atoms. The minimum atomic E-state index is -0.191. The fourth-order valence-corrected chi connectivity index (χ4v) is 3.16. The highest BCUT2D eigenvalue weighted by Gasteiger charge is 2.07. The van der Waals surface area contributed by atoms with Crippen molar-refractivity contribution in [2.45, 2.75) is 13.5 Å². The van der Waals surface area contributed by atoms with Crippen LogP contribution in [-0.2, 0) is 6.54 Å². The molecule has 0 N–H and O–H groups in total. The SMILES string of the molecule is CCN(Cc1ccc(Br)s1)c1ccc(F)cc1. The summed E-state index contributed by atoms with van der Waals surface area (Å²) in [6.07, 6.45) is 0. The first-order valence-electron chi connectivity index (χ1n) is 5.43. The van der Waals surface area contributed by atoms with Crippen molar-refractivity contribution in [3.05, 3.63) is 50.9 Å². The molecule has 0 unspecified atom stereocenters. The van der Waals surface area contributed by atoms with E-state index in [-0.39, 0.29) is 5.82 Å². The molecule has 1 aromatic heterocycles. The summed E-state index contributed by atoms with van der Waals surface area (Å²) in [5, 5.41) is 0. The number of hydrogen-bond donors (Lipinski definition) is 0. The van der Waals surface area contributed by atoms with E-state index >= 15 is 0 Å². The molecule has 0 aliphatic rings. The second kappa shape index (κ2) is 5.65. The lowest BCUT2D eigenvalue weighted by Crippen LogP contribution is -2.21. The van der Waals surface area contributed by atoms with E-state index in [4.69, 9.17) is 0 Å². The molecule has 0 saturated heterocycles. The smallest absolute Gasteiger partial charge is 0.123 e. The van der Waals surface area contributed by atoms with E-state index < -0.39 is 0 Å². The predicted octanol–water partition coefficient (Wildman–Crippen LogP) is 4.68. The third kappa shape index (κ3) is 3.30. The van der Waals surface area contributed by atoms with Gasteiger partial charge in [0.05, 0.1) is 10.3 Å². The van der Waals surface area contributed by atoms with E-state index in [0.717, 1.165) is 22.6 Å². The molecule has 2 aromatic rings. The molecule has 1 heterocycles. The fraction of sp³-hybridized carbons (Fsp3) is 0.231. The summed E-state index contributed by atoms with van der Waals surface area (Å²) >= 11 is 5.19. The van der Waals surface area contributed by atoms with Crippen molar-refractivity contribution in [2.24, 2.45) is 0 Å². The van der Waals surface area contributed by atoms with Gasteiger partial charge in [-0.25, -0.2) is 4.39 Å². The quantitative estimate of drug-likeness (QED) is 0.792. The van der Waals surface area contributed by atoms with Gasteiger partial charge >= 0.3 is 0 Å². The maximum Gasteiger partial charge on any atom is 0.123 e. The molecule has 90 valence electrons. The summed E-state index contributed by atoms with van der Waals surface area (Å²) in [6, 6.07) is 10.8. The van der Waals surface area contributed by atoms with Crippen LogP contribution in [0.4, 0.5) is 10.1 Å². The molecule has 0 amide bonds. The Labute approximate surface area is 113 Å². The molecular weight excluding hydrogens is 301 g/mol. The molecule has 0 fully saturated rings. The van der Waals surface area contributed by atoms with E-state index in [1.54, 1.807) is 11.3 Å². The average molecular weight is 314 g/mol. The van der Waals surface area contributed by atoms with Gasteiger partial charge in [0, 0.05) is 17.1 Å². The van der Waals surface area contributed by atoms with Gasteiger partial charge in [0.25, 0.3) is 0 Å². The van der Waals surface area contributed by atoms with Gasteiger partial charge in [0.2, 0.25) is 0 Å². The Morgan fingerprint density at radius 3 is 2.41 bits per heavy atom. The van der Waals surface area contributed by atoms with Crippen molar-refractivity contribution in [3.63, 3.8) is 0 Å². The van der Waals surface area contributed by atoms with Crippen molar-refractivity contribution in [3.8, 4) is 0 Å². The van der Waals surface area contributed by atoms with Crippen molar-refractivity contribution < 1.29 is 4.39 Å². The first kappa shape index (κ1) is 12.6. The molecular formula is C13H13BrFNS. The molecule has 1 nitrogen and oxygen atoms in total. The van der Waals surface area contributed by atoms with Crippen LogP contribution in [0.3, 0.4) is 0 Å². The lowest BCUT2D eigenvalue weighted by atomic mass is 10.2. The summed E-state index contributed by atoms with van der Waals surface area (Å²) in [6.45, 7) is 3.87. The maximum absolute atomic E-state index is 12.9. The van der Waals surface area contributed by atoms with Gasteiger partial charge in [-0.2, -0.15) is 0 Å². The molecule has 17 heavy (non-hydrogen) atoms. The van der Waals surface area contributed by atoms with Gasteiger partial charge in [-0.1, -0.05) is 0 Å². The average Bonchev–Trinajstić information content (AvgIpc) is 2.73. The summed E-state index contributed by atoms with van der Waals surface area (Å²) in [7, 11) is 0. The molecule has 1 aromatic carbocycles. The number of thiophene rings is 1. The molecule has 0 radical (unpaired) electrons. The van der Waals surface area contributed by atoms with Crippen LogP contribution in [-0.4, -0.2) is 6.54 Å². The van der Waals surface area contributed by atoms with E-state index in [9.17, 15) is 4.39 Å².